The Morgan fingerprint density at radius 2 is 2.20 bits per heavy atom. The Kier molecular flexibility index (Phi) is 3.66. The number of likely N-dealkylation sites (tertiary alicyclic amines) is 1. The van der Waals surface area contributed by atoms with Gasteiger partial charge >= 0.3 is 0 Å². The zero-order chi connectivity index (χ0) is 14.4. The highest BCUT2D eigenvalue weighted by Gasteiger charge is 2.38. The average molecular weight is 298 g/mol. The van der Waals surface area contributed by atoms with Crippen molar-refractivity contribution >= 4 is 17.4 Å². The number of aliphatic hydroxyl groups excluding tert-OH is 2. The van der Waals surface area contributed by atoms with E-state index in [0.29, 0.717) is 29.1 Å². The van der Waals surface area contributed by atoms with E-state index in [9.17, 15) is 14.6 Å². The van der Waals surface area contributed by atoms with E-state index in [4.69, 9.17) is 5.73 Å². The number of fused-ring (bicyclic) bond motifs is 1. The van der Waals surface area contributed by atoms with Gasteiger partial charge in [-0.05, 0) is 25.0 Å². The van der Waals surface area contributed by atoms with E-state index in [1.165, 1.54) is 6.07 Å². The molecule has 1 aromatic carbocycles. The number of benzene rings is 1. The molecule has 0 aromatic heterocycles. The minimum absolute atomic E-state index is 0.0724. The van der Waals surface area contributed by atoms with E-state index in [1.54, 1.807) is 18.7 Å². The molecule has 1 saturated heterocycles. The average Bonchev–Trinajstić information content (AvgIpc) is 2.82. The summed E-state index contributed by atoms with van der Waals surface area (Å²) in [6.07, 6.45) is -0.310. The topological polar surface area (TPSA) is 69.7 Å². The Morgan fingerprint density at radius 3 is 2.85 bits per heavy atom. The number of rotatable bonds is 1. The lowest BCUT2D eigenvalue weighted by Crippen LogP contribution is -2.42. The van der Waals surface area contributed by atoms with E-state index in [2.05, 4.69) is 4.90 Å². The van der Waals surface area contributed by atoms with Crippen LogP contribution in [0, 0.1) is 12.7 Å². The monoisotopic (exact) mass is 298 g/mol. The third-order valence-electron chi connectivity index (χ3n) is 4.26. The van der Waals surface area contributed by atoms with Gasteiger partial charge in [0.1, 0.15) is 5.82 Å². The van der Waals surface area contributed by atoms with Gasteiger partial charge in [-0.2, -0.15) is 0 Å². The molecule has 0 radical (unpaired) electrons. The van der Waals surface area contributed by atoms with E-state index >= 15 is 0 Å². The Balaban J connectivity index is 1.94. The fraction of sp³-hybridized carbons (Fsp3) is 0.571. The molecule has 20 heavy (non-hydrogen) atoms. The van der Waals surface area contributed by atoms with Crippen LogP contribution < -0.4 is 5.73 Å². The molecule has 3 atom stereocenters. The molecule has 0 aliphatic carbocycles. The Hall–Kier alpha value is -0.820. The van der Waals surface area contributed by atoms with Crippen LogP contribution in [0.4, 0.5) is 10.1 Å². The fourth-order valence-corrected chi connectivity index (χ4v) is 4.52. The molecule has 2 heterocycles. The SMILES string of the molecule is Cc1c(F)cc(N)c2c1SCC(N1CC[C@@H](O)C1)C2O. The van der Waals surface area contributed by atoms with E-state index in [0.717, 1.165) is 17.9 Å². The first-order chi connectivity index (χ1) is 9.49. The van der Waals surface area contributed by atoms with Crippen molar-refractivity contribution in [2.45, 2.75) is 36.5 Å². The molecule has 4 N–H and O–H groups in total. The van der Waals surface area contributed by atoms with Gasteiger partial charge in [-0.15, -0.1) is 11.8 Å². The summed E-state index contributed by atoms with van der Waals surface area (Å²) in [5.74, 6) is 0.362. The predicted molar refractivity (Wildman–Crippen MR) is 77.2 cm³/mol. The second-order valence-electron chi connectivity index (χ2n) is 5.58. The van der Waals surface area contributed by atoms with Crippen molar-refractivity contribution in [2.75, 3.05) is 24.6 Å². The molecule has 0 spiro atoms. The molecule has 2 unspecified atom stereocenters. The summed E-state index contributed by atoms with van der Waals surface area (Å²) in [6, 6.07) is 1.22. The molecular formula is C14H19FN2O2S. The quantitative estimate of drug-likeness (QED) is 0.682. The number of thioether (sulfide) groups is 1. The van der Waals surface area contributed by atoms with Gasteiger partial charge in [0.2, 0.25) is 0 Å². The van der Waals surface area contributed by atoms with Crippen molar-refractivity contribution in [3.05, 3.63) is 23.0 Å². The van der Waals surface area contributed by atoms with Crippen molar-refractivity contribution in [3.63, 3.8) is 0 Å². The second kappa shape index (κ2) is 5.18. The van der Waals surface area contributed by atoms with Crippen LogP contribution in [0.25, 0.3) is 0 Å². The maximum atomic E-state index is 13.7. The molecule has 4 nitrogen and oxygen atoms in total. The molecule has 2 aliphatic rings. The molecule has 3 rings (SSSR count). The molecule has 110 valence electrons. The minimum Gasteiger partial charge on any atom is -0.398 e. The minimum atomic E-state index is -0.726. The summed E-state index contributed by atoms with van der Waals surface area (Å²) in [6.45, 7) is 3.07. The highest BCUT2D eigenvalue weighted by atomic mass is 32.2. The third-order valence-corrected chi connectivity index (χ3v) is 5.58. The van der Waals surface area contributed by atoms with Gasteiger partial charge in [0.25, 0.3) is 0 Å². The summed E-state index contributed by atoms with van der Waals surface area (Å²) >= 11 is 1.54. The van der Waals surface area contributed by atoms with Gasteiger partial charge in [-0.25, -0.2) is 4.39 Å². The highest BCUT2D eigenvalue weighted by molar-refractivity contribution is 7.99. The summed E-state index contributed by atoms with van der Waals surface area (Å²) in [5, 5.41) is 20.3. The lowest BCUT2D eigenvalue weighted by Gasteiger charge is -2.37. The van der Waals surface area contributed by atoms with E-state index < -0.39 is 6.10 Å². The number of hydrogen-bond donors (Lipinski definition) is 3. The van der Waals surface area contributed by atoms with Crippen molar-refractivity contribution in [2.24, 2.45) is 0 Å². The standard InChI is InChI=1S/C14H19FN2O2S/c1-7-9(15)4-10(16)12-13(19)11(6-20-14(7)12)17-3-2-8(18)5-17/h4,8,11,13,18-19H,2-3,5-6,16H2,1H3/t8-,11?,13?/m1/s1. The van der Waals surface area contributed by atoms with Crippen LogP contribution in [-0.2, 0) is 0 Å². The molecule has 0 bridgehead atoms. The molecule has 1 aromatic rings. The zero-order valence-electron chi connectivity index (χ0n) is 11.3. The van der Waals surface area contributed by atoms with Crippen molar-refractivity contribution in [3.8, 4) is 0 Å². The van der Waals surface area contributed by atoms with Crippen LogP contribution in [-0.4, -0.2) is 46.1 Å². The van der Waals surface area contributed by atoms with Gasteiger partial charge in [0.15, 0.2) is 0 Å². The maximum absolute atomic E-state index is 13.7. The van der Waals surface area contributed by atoms with Gasteiger partial charge in [-0.1, -0.05) is 0 Å². The Morgan fingerprint density at radius 1 is 1.45 bits per heavy atom. The Bertz CT molecular complexity index is 540. The van der Waals surface area contributed by atoms with E-state index in [1.807, 2.05) is 0 Å². The number of nitrogens with two attached hydrogens (primary N) is 1. The summed E-state index contributed by atoms with van der Waals surface area (Å²) in [5.41, 5.74) is 7.42. The first-order valence-corrected chi connectivity index (χ1v) is 7.79. The number of anilines is 1. The van der Waals surface area contributed by atoms with Crippen LogP contribution in [0.5, 0.6) is 0 Å². The number of β-amino-alcohol motifs (C(OH)–C–C–N with tert-alkyl or cyclic N) is 1. The van der Waals surface area contributed by atoms with Crippen LogP contribution in [0.3, 0.4) is 0 Å². The molecule has 2 aliphatic heterocycles. The third kappa shape index (κ3) is 2.20. The molecular weight excluding hydrogens is 279 g/mol. The van der Waals surface area contributed by atoms with Gasteiger partial charge in [0.05, 0.1) is 12.2 Å². The highest BCUT2D eigenvalue weighted by Crippen LogP contribution is 2.44. The fourth-order valence-electron chi connectivity index (χ4n) is 3.08. The first-order valence-electron chi connectivity index (χ1n) is 6.80. The van der Waals surface area contributed by atoms with Crippen LogP contribution >= 0.6 is 11.8 Å². The lowest BCUT2D eigenvalue weighted by atomic mass is 9.97. The van der Waals surface area contributed by atoms with Gasteiger partial charge in [0, 0.05) is 41.0 Å². The van der Waals surface area contributed by atoms with Crippen molar-refractivity contribution in [1.29, 1.82) is 0 Å². The number of halogens is 1. The first kappa shape index (κ1) is 14.1. The number of nitrogen functional groups attached to an aromatic ring is 1. The lowest BCUT2D eigenvalue weighted by molar-refractivity contribution is 0.0618. The van der Waals surface area contributed by atoms with Crippen molar-refractivity contribution in [1.82, 2.24) is 4.90 Å². The summed E-state index contributed by atoms with van der Waals surface area (Å²) in [7, 11) is 0. The number of aliphatic hydroxyl groups is 2. The normalized spacial score (nSPS) is 30.5. The summed E-state index contributed by atoms with van der Waals surface area (Å²) in [4.78, 5) is 2.87. The molecule has 1 fully saturated rings. The molecule has 0 amide bonds. The van der Waals surface area contributed by atoms with Crippen molar-refractivity contribution < 1.29 is 14.6 Å². The van der Waals surface area contributed by atoms with Crippen LogP contribution in [0.2, 0.25) is 0 Å². The molecule has 6 heteroatoms. The largest absolute Gasteiger partial charge is 0.398 e. The van der Waals surface area contributed by atoms with Gasteiger partial charge in [-0.3, -0.25) is 4.90 Å². The maximum Gasteiger partial charge on any atom is 0.129 e. The zero-order valence-corrected chi connectivity index (χ0v) is 12.2. The number of hydrogen-bond acceptors (Lipinski definition) is 5. The second-order valence-corrected chi connectivity index (χ2v) is 6.61. The number of nitrogens with zero attached hydrogens (tertiary/aromatic N) is 1. The van der Waals surface area contributed by atoms with Crippen LogP contribution in [0.15, 0.2) is 11.0 Å². The Labute approximate surface area is 121 Å². The van der Waals surface area contributed by atoms with Crippen LogP contribution in [0.1, 0.15) is 23.7 Å². The summed E-state index contributed by atoms with van der Waals surface area (Å²) < 4.78 is 13.7. The van der Waals surface area contributed by atoms with E-state index in [-0.39, 0.29) is 18.0 Å². The predicted octanol–water partition coefficient (Wildman–Crippen LogP) is 1.29. The van der Waals surface area contributed by atoms with Gasteiger partial charge < -0.3 is 15.9 Å². The smallest absolute Gasteiger partial charge is 0.129 e. The molecule has 0 saturated carbocycles.